The first-order chi connectivity index (χ1) is 16.4. The predicted octanol–water partition coefficient (Wildman–Crippen LogP) is 2.04. The Morgan fingerprint density at radius 3 is 2.68 bits per heavy atom. The zero-order valence-corrected chi connectivity index (χ0v) is 19.2. The van der Waals surface area contributed by atoms with Crippen LogP contribution in [0.15, 0.2) is 48.7 Å². The van der Waals surface area contributed by atoms with Gasteiger partial charge in [-0.15, -0.1) is 10.2 Å². The first kappa shape index (κ1) is 23.1. The van der Waals surface area contributed by atoms with E-state index >= 15 is 0 Å². The molecule has 1 amide bonds. The molecule has 176 valence electrons. The zero-order chi connectivity index (χ0) is 24.2. The first-order valence-electron chi connectivity index (χ1n) is 10.7. The number of hydrogen-bond acceptors (Lipinski definition) is 9. The smallest absolute Gasteiger partial charge is 0.273 e. The molecule has 11 nitrogen and oxygen atoms in total. The van der Waals surface area contributed by atoms with E-state index in [1.54, 1.807) is 11.8 Å². The number of rotatable bonds is 9. The number of fused-ring (bicyclic) bond motifs is 1. The molecule has 0 radical (unpaired) electrons. The lowest BCUT2D eigenvalue weighted by atomic mass is 10.0. The van der Waals surface area contributed by atoms with E-state index in [9.17, 15) is 4.79 Å². The van der Waals surface area contributed by atoms with Crippen molar-refractivity contribution in [3.63, 3.8) is 0 Å². The molecule has 34 heavy (non-hydrogen) atoms. The molecular formula is C23H27N9O2. The lowest BCUT2D eigenvalue weighted by Gasteiger charge is -2.20. The minimum atomic E-state index is -0.746. The molecule has 0 unspecified atom stereocenters. The molecule has 4 aromatic rings. The highest BCUT2D eigenvalue weighted by atomic mass is 16.5. The molecule has 2 heterocycles. The van der Waals surface area contributed by atoms with Crippen LogP contribution in [-0.2, 0) is 11.8 Å². The molecule has 4 rings (SSSR count). The second-order valence-corrected chi connectivity index (χ2v) is 8.00. The maximum Gasteiger partial charge on any atom is 0.273 e. The second-order valence-electron chi connectivity index (χ2n) is 8.00. The van der Waals surface area contributed by atoms with Crippen molar-refractivity contribution >= 4 is 34.3 Å². The second kappa shape index (κ2) is 9.81. The lowest BCUT2D eigenvalue weighted by Crippen LogP contribution is -2.41. The number of hydrogen-bond donors (Lipinski definition) is 4. The quantitative estimate of drug-likeness (QED) is 0.292. The van der Waals surface area contributed by atoms with Gasteiger partial charge in [-0.1, -0.05) is 30.3 Å². The van der Waals surface area contributed by atoms with E-state index in [2.05, 4.69) is 30.9 Å². The average Bonchev–Trinajstić information content (AvgIpc) is 3.19. The number of anilines is 3. The van der Waals surface area contributed by atoms with Crippen LogP contribution in [0.25, 0.3) is 22.0 Å². The topological polar surface area (TPSA) is 159 Å². The van der Waals surface area contributed by atoms with Gasteiger partial charge in [0.05, 0.1) is 6.61 Å². The van der Waals surface area contributed by atoms with Crippen molar-refractivity contribution in [3.8, 4) is 11.1 Å². The molecule has 0 fully saturated rings. The van der Waals surface area contributed by atoms with Gasteiger partial charge in [0.25, 0.3) is 5.91 Å². The van der Waals surface area contributed by atoms with Crippen LogP contribution in [0.3, 0.4) is 0 Å². The molecule has 0 bridgehead atoms. The summed E-state index contributed by atoms with van der Waals surface area (Å²) in [4.78, 5) is 16.5. The highest BCUT2D eigenvalue weighted by Gasteiger charge is 2.19. The Balaban J connectivity index is 1.72. The molecule has 2 aromatic heterocycles. The minimum absolute atomic E-state index is 0.0769. The van der Waals surface area contributed by atoms with Crippen LogP contribution >= 0.6 is 0 Å². The van der Waals surface area contributed by atoms with Gasteiger partial charge >= 0.3 is 0 Å². The fourth-order valence-corrected chi connectivity index (χ4v) is 3.59. The van der Waals surface area contributed by atoms with Crippen molar-refractivity contribution in [2.45, 2.75) is 19.0 Å². The summed E-state index contributed by atoms with van der Waals surface area (Å²) in [6.45, 7) is 2.24. The molecule has 0 saturated carbocycles. The molecule has 0 aliphatic carbocycles. The van der Waals surface area contributed by atoms with Gasteiger partial charge in [0.1, 0.15) is 5.52 Å². The van der Waals surface area contributed by atoms with E-state index in [0.29, 0.717) is 12.3 Å². The third-order valence-corrected chi connectivity index (χ3v) is 5.35. The van der Waals surface area contributed by atoms with Crippen LogP contribution < -0.4 is 22.1 Å². The Bertz CT molecular complexity index is 1310. The van der Waals surface area contributed by atoms with Crippen molar-refractivity contribution in [2.75, 3.05) is 24.4 Å². The van der Waals surface area contributed by atoms with Gasteiger partial charge in [0, 0.05) is 49.1 Å². The summed E-state index contributed by atoms with van der Waals surface area (Å²) < 4.78 is 6.86. The summed E-state index contributed by atoms with van der Waals surface area (Å²) >= 11 is 0. The molecule has 0 aliphatic heterocycles. The number of carbonyl (C=O) groups is 1. The van der Waals surface area contributed by atoms with E-state index in [4.69, 9.17) is 16.2 Å². The molecule has 0 spiro atoms. The fourth-order valence-electron chi connectivity index (χ4n) is 3.59. The van der Waals surface area contributed by atoms with Gasteiger partial charge in [-0.3, -0.25) is 9.48 Å². The van der Waals surface area contributed by atoms with Gasteiger partial charge in [-0.2, -0.15) is 10.1 Å². The minimum Gasteiger partial charge on any atom is -0.383 e. The Morgan fingerprint density at radius 2 is 1.97 bits per heavy atom. The van der Waals surface area contributed by atoms with E-state index < -0.39 is 5.91 Å². The normalized spacial score (nSPS) is 12.9. The molecule has 11 heteroatoms. The number of aryl methyl sites for hydroxylation is 1. The Hall–Kier alpha value is -4.09. The summed E-state index contributed by atoms with van der Waals surface area (Å²) in [6, 6.07) is 13.3. The Morgan fingerprint density at radius 1 is 1.21 bits per heavy atom. The molecule has 2 atom stereocenters. The SMILES string of the molecule is COC[C@H](N)[C@@H](C)Nc1nnc(C(N)=O)c(Nc2cc(-c3ccccc3)c3nn(C)cc3c2)n1. The van der Waals surface area contributed by atoms with Gasteiger partial charge in [0.2, 0.25) is 5.95 Å². The molecule has 2 aromatic carbocycles. The molecule has 0 aliphatic rings. The largest absolute Gasteiger partial charge is 0.383 e. The van der Waals surface area contributed by atoms with E-state index in [1.807, 2.05) is 62.6 Å². The average molecular weight is 462 g/mol. The maximum absolute atomic E-state index is 12.0. The van der Waals surface area contributed by atoms with Gasteiger partial charge < -0.3 is 26.8 Å². The van der Waals surface area contributed by atoms with Crippen LogP contribution in [0.1, 0.15) is 17.4 Å². The van der Waals surface area contributed by atoms with Crippen molar-refractivity contribution in [2.24, 2.45) is 18.5 Å². The van der Waals surface area contributed by atoms with Crippen molar-refractivity contribution in [1.29, 1.82) is 0 Å². The van der Waals surface area contributed by atoms with Gasteiger partial charge in [-0.05, 0) is 24.6 Å². The molecule has 6 N–H and O–H groups in total. The number of amides is 1. The standard InChI is InChI=1S/C23H27N9O2/c1-13(18(24)12-34-3)26-23-28-22(20(21(25)33)29-30-23)27-16-9-15-11-32(2)31-19(15)17(10-16)14-7-5-4-6-8-14/h4-11,13,18H,12,24H2,1-3H3,(H2,25,33)(H2,26,27,28,30)/t13-,18+/m1/s1. The fraction of sp³-hybridized carbons (Fsp3) is 0.261. The van der Waals surface area contributed by atoms with Crippen LogP contribution in [0.2, 0.25) is 0 Å². The summed E-state index contributed by atoms with van der Waals surface area (Å²) in [5.74, 6) is -0.360. The highest BCUT2D eigenvalue weighted by molar-refractivity contribution is 5.99. The van der Waals surface area contributed by atoms with E-state index in [1.165, 1.54) is 0 Å². The molecular weight excluding hydrogens is 434 g/mol. The van der Waals surface area contributed by atoms with Gasteiger partial charge in [0.15, 0.2) is 11.5 Å². The Kier molecular flexibility index (Phi) is 6.66. The number of aromatic nitrogens is 5. The third-order valence-electron chi connectivity index (χ3n) is 5.35. The van der Waals surface area contributed by atoms with Gasteiger partial charge in [-0.25, -0.2) is 0 Å². The highest BCUT2D eigenvalue weighted by Crippen LogP contribution is 2.32. The number of methoxy groups -OCH3 is 1. The summed E-state index contributed by atoms with van der Waals surface area (Å²) in [5.41, 5.74) is 15.0. The number of benzene rings is 2. The van der Waals surface area contributed by atoms with E-state index in [-0.39, 0.29) is 29.5 Å². The van der Waals surface area contributed by atoms with Crippen LogP contribution in [0.4, 0.5) is 17.5 Å². The maximum atomic E-state index is 12.0. The number of nitrogens with two attached hydrogens (primary N) is 2. The van der Waals surface area contributed by atoms with Crippen LogP contribution in [0.5, 0.6) is 0 Å². The zero-order valence-electron chi connectivity index (χ0n) is 19.2. The van der Waals surface area contributed by atoms with E-state index in [0.717, 1.165) is 22.0 Å². The summed E-state index contributed by atoms with van der Waals surface area (Å²) in [7, 11) is 3.45. The van der Waals surface area contributed by atoms with Crippen LogP contribution in [-0.4, -0.2) is 56.7 Å². The monoisotopic (exact) mass is 461 g/mol. The van der Waals surface area contributed by atoms with Crippen LogP contribution in [0, 0.1) is 0 Å². The third kappa shape index (κ3) is 4.95. The number of nitrogens with zero attached hydrogens (tertiary/aromatic N) is 5. The van der Waals surface area contributed by atoms with Crippen molar-refractivity contribution < 1.29 is 9.53 Å². The van der Waals surface area contributed by atoms with Crippen molar-refractivity contribution in [3.05, 3.63) is 54.4 Å². The number of nitrogens with one attached hydrogen (secondary N) is 2. The molecule has 0 saturated heterocycles. The predicted molar refractivity (Wildman–Crippen MR) is 131 cm³/mol. The van der Waals surface area contributed by atoms with Crippen molar-refractivity contribution in [1.82, 2.24) is 25.0 Å². The number of ether oxygens (including phenoxy) is 1. The lowest BCUT2D eigenvalue weighted by molar-refractivity contribution is 0.0995. The summed E-state index contributed by atoms with van der Waals surface area (Å²) in [5, 5.41) is 19.8. The summed E-state index contributed by atoms with van der Waals surface area (Å²) in [6.07, 6.45) is 1.92. The Labute approximate surface area is 196 Å². The first-order valence-corrected chi connectivity index (χ1v) is 10.7. The number of carbonyl (C=O) groups excluding carboxylic acids is 1. The number of primary amides is 1.